The van der Waals surface area contributed by atoms with Gasteiger partial charge in [0, 0.05) is 27.7 Å². The molecule has 90 heavy (non-hydrogen) atoms. The number of nitrogens with one attached hydrogen (secondary N) is 4. The Morgan fingerprint density at radius 3 is 0.989 bits per heavy atom. The highest BCUT2D eigenvalue weighted by Crippen LogP contribution is 2.37. The van der Waals surface area contributed by atoms with Crippen molar-refractivity contribution in [3.05, 3.63) is 0 Å². The summed E-state index contributed by atoms with van der Waals surface area (Å²) in [5, 5.41) is 218. The van der Waals surface area contributed by atoms with E-state index in [1.165, 1.54) is 0 Å². The normalized spacial score (nSPS) is 47.6. The van der Waals surface area contributed by atoms with Gasteiger partial charge in [-0.05, 0) is 0 Å². The van der Waals surface area contributed by atoms with Crippen molar-refractivity contribution in [1.82, 2.24) is 21.3 Å². The number of hydrogen-bond donors (Lipinski definition) is 23. The minimum atomic E-state index is -2.39. The Balaban J connectivity index is 1.16. The van der Waals surface area contributed by atoms with Crippen molar-refractivity contribution in [3.8, 4) is 0 Å². The summed E-state index contributed by atoms with van der Waals surface area (Å²) in [7, 11) is 0. The SMILES string of the molecule is CC(=O)N[C@H]1[C@H](O[C@H]2[C@H](O)[C@@H](NC(C)=O)C(O)O[C@@H]2CO)O[C@H](CO)[C@@H](O[C@@H]2O[C@H](CO[C@H]3O[C@H](CO)[C@@H](O[C@@H]4O[C@H](CO)[C@@H](O)[C@H](O)[C@H]4NC(C)=O)[C@H](O)[C@@H]3O)[C@@H](O)[C@H](O[C@H]3O[C@H](CO)[C@@H](O[C@@H]4O[C@H](CO)[C@@H](O)[C@H](O)[C@H]4NC(C)=O)[C@H](O)[C@@H]3O)[C@@H]2O)[C@@H]1O. The molecule has 520 valence electrons. The number of carbonyl (C=O) groups excluding carboxylic acids is 4. The lowest BCUT2D eigenvalue weighted by Crippen LogP contribution is -2.70. The van der Waals surface area contributed by atoms with Crippen LogP contribution in [0.2, 0.25) is 0 Å². The average molecular weight is 1320 g/mol. The number of hydrogen-bond acceptors (Lipinski definition) is 36. The number of rotatable bonds is 23. The van der Waals surface area contributed by atoms with Gasteiger partial charge in [0.05, 0.1) is 46.2 Å². The molecule has 0 aromatic rings. The van der Waals surface area contributed by atoms with Crippen LogP contribution in [0.5, 0.6) is 0 Å². The Hall–Kier alpha value is -3.40. The molecule has 0 aliphatic carbocycles. The minimum Gasteiger partial charge on any atom is -0.394 e. The lowest BCUT2D eigenvalue weighted by atomic mass is 9.94. The average Bonchev–Trinajstić information content (AvgIpc) is 0.926. The molecule has 35 atom stereocenters. The lowest BCUT2D eigenvalue weighted by Gasteiger charge is -2.50. The quantitative estimate of drug-likeness (QED) is 0.0452. The van der Waals surface area contributed by atoms with Gasteiger partial charge in [0.2, 0.25) is 23.6 Å². The van der Waals surface area contributed by atoms with E-state index in [4.69, 9.17) is 61.6 Å². The smallest absolute Gasteiger partial charge is 0.217 e. The lowest BCUT2D eigenvalue weighted by molar-refractivity contribution is -0.390. The van der Waals surface area contributed by atoms with Gasteiger partial charge in [-0.15, -0.1) is 0 Å². The molecule has 0 spiro atoms. The van der Waals surface area contributed by atoms with E-state index in [0.717, 1.165) is 27.7 Å². The summed E-state index contributed by atoms with van der Waals surface area (Å²) in [5.41, 5.74) is 0. The Kier molecular flexibility index (Phi) is 26.6. The van der Waals surface area contributed by atoms with Crippen LogP contribution in [-0.4, -0.2) is 382 Å². The van der Waals surface area contributed by atoms with E-state index in [0.29, 0.717) is 0 Å². The number of ether oxygens (including phenoxy) is 13. The van der Waals surface area contributed by atoms with Crippen LogP contribution in [0.3, 0.4) is 0 Å². The third-order valence-corrected chi connectivity index (χ3v) is 16.1. The van der Waals surface area contributed by atoms with Gasteiger partial charge in [0.1, 0.15) is 171 Å². The standard InChI is InChI=1S/C50H84N4O36/c1-12(61)51-23-32(70)39(18(7-57)79-44(23)77)86-47-26(54-15(4)64)33(71)40(19(8-58)82-47)89-50-38(76)43(90-49-37(75)35(73)42(21(10-60)84-49)88-46-25(53-14(3)63)31(69)28(66)17(6-56)81-46)29(67)22(85-50)11-78-48-36(74)34(72)41(20(9-59)83-48)87-45-24(52-13(2)62)30(68)27(65)16(5-55)80-45/h16-50,55-60,65-77H,5-11H2,1-4H3,(H,51,61)(H,52,62)(H,53,63)(H,54,64)/t16-,17-,18-,19-,20-,21-,22-,23-,24-,25-,26-,27-,28-,29-,30-,31-,32-,33-,34-,35-,36+,37+,38+,39-,40-,41-,42-,43+,44?,45+,46+,47+,48+,49-,50+/m1/s1. The summed E-state index contributed by atoms with van der Waals surface area (Å²) in [4.78, 5) is 49.0. The first-order valence-electron chi connectivity index (χ1n) is 28.6. The zero-order valence-electron chi connectivity index (χ0n) is 48.6. The maximum absolute atomic E-state index is 12.7. The third kappa shape index (κ3) is 16.4. The van der Waals surface area contributed by atoms with Crippen LogP contribution in [0, 0.1) is 0 Å². The first kappa shape index (κ1) is 74.0. The molecule has 23 N–H and O–H groups in total. The highest BCUT2D eigenvalue weighted by Gasteiger charge is 2.59. The summed E-state index contributed by atoms with van der Waals surface area (Å²) < 4.78 is 75.5. The number of aliphatic hydroxyl groups is 19. The highest BCUT2D eigenvalue weighted by molar-refractivity contribution is 5.74. The molecule has 40 nitrogen and oxygen atoms in total. The van der Waals surface area contributed by atoms with Crippen molar-refractivity contribution in [2.45, 2.75) is 242 Å². The molecule has 0 aromatic carbocycles. The summed E-state index contributed by atoms with van der Waals surface area (Å²) >= 11 is 0. The first-order valence-corrected chi connectivity index (χ1v) is 28.6. The van der Waals surface area contributed by atoms with E-state index < -0.39 is 285 Å². The van der Waals surface area contributed by atoms with Crippen molar-refractivity contribution in [2.24, 2.45) is 0 Å². The molecule has 0 bridgehead atoms. The van der Waals surface area contributed by atoms with E-state index in [1.807, 2.05) is 0 Å². The van der Waals surface area contributed by atoms with Gasteiger partial charge in [-0.2, -0.15) is 0 Å². The fourth-order valence-corrected chi connectivity index (χ4v) is 11.5. The van der Waals surface area contributed by atoms with Crippen LogP contribution in [0.25, 0.3) is 0 Å². The Bertz CT molecular complexity index is 2310. The monoisotopic (exact) mass is 1320 g/mol. The molecule has 0 radical (unpaired) electrons. The number of carbonyl (C=O) groups is 4. The maximum Gasteiger partial charge on any atom is 0.217 e. The zero-order chi connectivity index (χ0) is 66.5. The predicted molar refractivity (Wildman–Crippen MR) is 278 cm³/mol. The highest BCUT2D eigenvalue weighted by atomic mass is 16.8. The summed E-state index contributed by atoms with van der Waals surface area (Å²) in [6.45, 7) is -2.87. The molecule has 1 unspecified atom stereocenters. The summed E-state index contributed by atoms with van der Waals surface area (Å²) in [5.74, 6) is -3.14. The Labute approximate surface area is 510 Å². The van der Waals surface area contributed by atoms with Crippen molar-refractivity contribution in [3.63, 3.8) is 0 Å². The summed E-state index contributed by atoms with van der Waals surface area (Å²) in [6.07, 6.45) is -60.4. The van der Waals surface area contributed by atoms with Crippen LogP contribution in [0.15, 0.2) is 0 Å². The van der Waals surface area contributed by atoms with Gasteiger partial charge in [0.15, 0.2) is 44.0 Å². The molecule has 7 aliphatic heterocycles. The van der Waals surface area contributed by atoms with Crippen molar-refractivity contribution in [1.29, 1.82) is 0 Å². The molecule has 7 fully saturated rings. The molecule has 40 heteroatoms. The number of aliphatic hydroxyl groups excluding tert-OH is 19. The van der Waals surface area contributed by atoms with E-state index in [2.05, 4.69) is 21.3 Å². The van der Waals surface area contributed by atoms with Crippen molar-refractivity contribution >= 4 is 23.6 Å². The Morgan fingerprint density at radius 1 is 0.289 bits per heavy atom. The summed E-state index contributed by atoms with van der Waals surface area (Å²) in [6, 6.07) is -6.58. The molecule has 0 aromatic heterocycles. The van der Waals surface area contributed by atoms with Gasteiger partial charge in [-0.3, -0.25) is 19.2 Å². The van der Waals surface area contributed by atoms with Gasteiger partial charge < -0.3 is 180 Å². The second-order valence-electron chi connectivity index (χ2n) is 22.5. The largest absolute Gasteiger partial charge is 0.394 e. The van der Waals surface area contributed by atoms with E-state index in [-0.39, 0.29) is 0 Å². The topological polar surface area (TPSA) is 621 Å². The molecule has 0 saturated carbocycles. The van der Waals surface area contributed by atoms with Crippen LogP contribution in [-0.2, 0) is 80.8 Å². The van der Waals surface area contributed by atoms with Gasteiger partial charge in [-0.25, -0.2) is 0 Å². The second-order valence-corrected chi connectivity index (χ2v) is 22.5. The molecule has 7 aliphatic rings. The van der Waals surface area contributed by atoms with Crippen LogP contribution >= 0.6 is 0 Å². The fourth-order valence-electron chi connectivity index (χ4n) is 11.5. The first-order chi connectivity index (χ1) is 42.5. The Morgan fingerprint density at radius 2 is 0.578 bits per heavy atom. The molecule has 7 rings (SSSR count). The predicted octanol–water partition coefficient (Wildman–Crippen LogP) is -15.7. The third-order valence-electron chi connectivity index (χ3n) is 16.1. The van der Waals surface area contributed by atoms with Gasteiger partial charge in [0.25, 0.3) is 0 Å². The fraction of sp³-hybridized carbons (Fsp3) is 0.920. The molecule has 7 heterocycles. The molecule has 7 saturated heterocycles. The molecular formula is C50H84N4O36. The van der Waals surface area contributed by atoms with Crippen LogP contribution < -0.4 is 21.3 Å². The van der Waals surface area contributed by atoms with Gasteiger partial charge >= 0.3 is 0 Å². The number of amides is 4. The van der Waals surface area contributed by atoms with Crippen molar-refractivity contribution < 1.29 is 178 Å². The van der Waals surface area contributed by atoms with Gasteiger partial charge in [-0.1, -0.05) is 0 Å². The van der Waals surface area contributed by atoms with E-state index in [9.17, 15) is 116 Å². The van der Waals surface area contributed by atoms with E-state index in [1.54, 1.807) is 0 Å². The van der Waals surface area contributed by atoms with Crippen molar-refractivity contribution in [2.75, 3.05) is 46.2 Å². The molecule has 4 amide bonds. The van der Waals surface area contributed by atoms with E-state index >= 15 is 0 Å². The minimum absolute atomic E-state index is 0.743. The van der Waals surface area contributed by atoms with Crippen LogP contribution in [0.1, 0.15) is 27.7 Å². The van der Waals surface area contributed by atoms with Crippen LogP contribution in [0.4, 0.5) is 0 Å². The second kappa shape index (κ2) is 32.4. The maximum atomic E-state index is 12.7. The molecular weight excluding hydrogens is 1230 g/mol. The zero-order valence-corrected chi connectivity index (χ0v) is 48.6.